The van der Waals surface area contributed by atoms with Crippen LogP contribution in [0, 0.1) is 6.92 Å². The topological polar surface area (TPSA) is 31.4 Å². The third kappa shape index (κ3) is 3.02. The Kier molecular flexibility index (Phi) is 3.78. The molecule has 19 heavy (non-hydrogen) atoms. The van der Waals surface area contributed by atoms with E-state index in [1.165, 1.54) is 0 Å². The van der Waals surface area contributed by atoms with E-state index in [1.54, 1.807) is 6.20 Å². The first kappa shape index (κ1) is 14.6. The van der Waals surface area contributed by atoms with Gasteiger partial charge < -0.3 is 9.31 Å². The molecule has 1 aliphatic rings. The van der Waals surface area contributed by atoms with Crippen LogP contribution in [-0.4, -0.2) is 23.3 Å². The lowest BCUT2D eigenvalue weighted by molar-refractivity contribution is 0.00578. The standard InChI is InChI=1S/C14H19BClNO2/c1-10-8-11(12(16)9-17-10)6-7-15-18-13(2,3)14(4,5)19-15/h6-9H,1-5H3/b7-6+. The molecule has 0 atom stereocenters. The van der Waals surface area contributed by atoms with Crippen LogP contribution >= 0.6 is 11.6 Å². The van der Waals surface area contributed by atoms with Crippen LogP contribution < -0.4 is 0 Å². The summed E-state index contributed by atoms with van der Waals surface area (Å²) in [6, 6.07) is 1.93. The molecule has 5 heteroatoms. The molecule has 1 aromatic heterocycles. The molecular weight excluding hydrogens is 260 g/mol. The quantitative estimate of drug-likeness (QED) is 0.774. The lowest BCUT2D eigenvalue weighted by Crippen LogP contribution is -2.41. The van der Waals surface area contributed by atoms with E-state index in [9.17, 15) is 0 Å². The first-order valence-corrected chi connectivity index (χ1v) is 6.75. The highest BCUT2D eigenvalue weighted by atomic mass is 35.5. The number of aryl methyl sites for hydroxylation is 1. The average molecular weight is 280 g/mol. The minimum Gasteiger partial charge on any atom is -0.400 e. The van der Waals surface area contributed by atoms with Gasteiger partial charge >= 0.3 is 7.12 Å². The molecule has 0 N–H and O–H groups in total. The van der Waals surface area contributed by atoms with Crippen molar-refractivity contribution in [2.75, 3.05) is 0 Å². The van der Waals surface area contributed by atoms with E-state index in [0.717, 1.165) is 11.3 Å². The van der Waals surface area contributed by atoms with Gasteiger partial charge in [0.05, 0.1) is 16.2 Å². The van der Waals surface area contributed by atoms with Crippen molar-refractivity contribution in [3.05, 3.63) is 34.5 Å². The van der Waals surface area contributed by atoms with Crippen molar-refractivity contribution in [2.24, 2.45) is 0 Å². The first-order chi connectivity index (χ1) is 8.71. The van der Waals surface area contributed by atoms with Gasteiger partial charge in [0, 0.05) is 11.9 Å². The number of nitrogens with zero attached hydrogens (tertiary/aromatic N) is 1. The van der Waals surface area contributed by atoms with Gasteiger partial charge in [0.15, 0.2) is 0 Å². The number of hydrogen-bond donors (Lipinski definition) is 0. The molecule has 0 aliphatic carbocycles. The Hall–Kier alpha value is -0.835. The lowest BCUT2D eigenvalue weighted by atomic mass is 9.89. The van der Waals surface area contributed by atoms with E-state index in [-0.39, 0.29) is 18.3 Å². The summed E-state index contributed by atoms with van der Waals surface area (Å²) >= 11 is 6.10. The molecule has 0 unspecified atom stereocenters. The van der Waals surface area contributed by atoms with Gasteiger partial charge in [-0.3, -0.25) is 4.98 Å². The zero-order valence-electron chi connectivity index (χ0n) is 12.0. The van der Waals surface area contributed by atoms with E-state index in [0.29, 0.717) is 5.02 Å². The highest BCUT2D eigenvalue weighted by molar-refractivity contribution is 6.52. The van der Waals surface area contributed by atoms with E-state index < -0.39 is 0 Å². The van der Waals surface area contributed by atoms with Crippen molar-refractivity contribution >= 4 is 24.8 Å². The normalized spacial score (nSPS) is 21.3. The van der Waals surface area contributed by atoms with E-state index in [2.05, 4.69) is 4.98 Å². The molecule has 3 nitrogen and oxygen atoms in total. The second-order valence-corrected chi connectivity index (χ2v) is 6.24. The van der Waals surface area contributed by atoms with E-state index >= 15 is 0 Å². The molecule has 0 radical (unpaired) electrons. The molecule has 0 bridgehead atoms. The van der Waals surface area contributed by atoms with Gasteiger partial charge in [-0.25, -0.2) is 0 Å². The van der Waals surface area contributed by atoms with Crippen LogP contribution in [0.25, 0.3) is 6.08 Å². The Labute approximate surface area is 120 Å². The van der Waals surface area contributed by atoms with E-state index in [4.69, 9.17) is 20.9 Å². The van der Waals surface area contributed by atoms with Crippen molar-refractivity contribution in [2.45, 2.75) is 45.8 Å². The van der Waals surface area contributed by atoms with Crippen molar-refractivity contribution in [3.8, 4) is 0 Å². The summed E-state index contributed by atoms with van der Waals surface area (Å²) in [6.07, 6.45) is 3.57. The van der Waals surface area contributed by atoms with Gasteiger partial charge in [-0.2, -0.15) is 0 Å². The maximum absolute atomic E-state index is 6.10. The third-order valence-electron chi connectivity index (χ3n) is 3.73. The molecule has 1 aliphatic heterocycles. The summed E-state index contributed by atoms with van der Waals surface area (Å²) in [5, 5.41) is 0.623. The maximum Gasteiger partial charge on any atom is 0.487 e. The Morgan fingerprint density at radius 2 is 1.79 bits per heavy atom. The predicted molar refractivity (Wildman–Crippen MR) is 79.1 cm³/mol. The summed E-state index contributed by atoms with van der Waals surface area (Å²) in [7, 11) is -0.352. The zero-order chi connectivity index (χ0) is 14.3. The largest absolute Gasteiger partial charge is 0.487 e. The summed E-state index contributed by atoms with van der Waals surface area (Å²) in [4.78, 5) is 4.14. The number of pyridine rings is 1. The molecule has 1 fully saturated rings. The Balaban J connectivity index is 2.15. The van der Waals surface area contributed by atoms with Gasteiger partial charge in [-0.15, -0.1) is 0 Å². The summed E-state index contributed by atoms with van der Waals surface area (Å²) in [5.41, 5.74) is 1.21. The van der Waals surface area contributed by atoms with Gasteiger partial charge in [0.2, 0.25) is 0 Å². The molecule has 0 aromatic carbocycles. The van der Waals surface area contributed by atoms with Crippen molar-refractivity contribution < 1.29 is 9.31 Å². The number of hydrogen-bond acceptors (Lipinski definition) is 3. The van der Waals surface area contributed by atoms with Gasteiger partial charge in [-0.05, 0) is 46.2 Å². The molecular formula is C14H19BClNO2. The van der Waals surface area contributed by atoms with Gasteiger partial charge in [0.1, 0.15) is 0 Å². The molecule has 2 heterocycles. The average Bonchev–Trinajstić information content (AvgIpc) is 2.49. The molecule has 0 spiro atoms. The van der Waals surface area contributed by atoms with E-state index in [1.807, 2.05) is 52.7 Å². The number of halogens is 1. The Morgan fingerprint density at radius 3 is 2.37 bits per heavy atom. The first-order valence-electron chi connectivity index (χ1n) is 6.37. The summed E-state index contributed by atoms with van der Waals surface area (Å²) in [6.45, 7) is 10.1. The minimum atomic E-state index is -0.352. The molecule has 102 valence electrons. The third-order valence-corrected chi connectivity index (χ3v) is 4.04. The van der Waals surface area contributed by atoms with Crippen LogP contribution in [0.4, 0.5) is 0 Å². The Bertz CT molecular complexity index is 498. The summed E-state index contributed by atoms with van der Waals surface area (Å²) < 4.78 is 11.8. The van der Waals surface area contributed by atoms with Gasteiger partial charge in [-0.1, -0.05) is 23.7 Å². The fraction of sp³-hybridized carbons (Fsp3) is 0.500. The van der Waals surface area contributed by atoms with Crippen molar-refractivity contribution in [3.63, 3.8) is 0 Å². The molecule has 0 saturated carbocycles. The predicted octanol–water partition coefficient (Wildman–Crippen LogP) is 3.69. The lowest BCUT2D eigenvalue weighted by Gasteiger charge is -2.32. The number of aromatic nitrogens is 1. The molecule has 2 rings (SSSR count). The SMILES string of the molecule is Cc1cc(/C=C/B2OC(C)(C)C(C)(C)O2)c(Cl)cn1. The minimum absolute atomic E-state index is 0.319. The van der Waals surface area contributed by atoms with Crippen LogP contribution in [-0.2, 0) is 9.31 Å². The number of rotatable bonds is 2. The maximum atomic E-state index is 6.10. The Morgan fingerprint density at radius 1 is 1.21 bits per heavy atom. The molecule has 1 saturated heterocycles. The van der Waals surface area contributed by atoms with Crippen LogP contribution in [0.3, 0.4) is 0 Å². The second-order valence-electron chi connectivity index (χ2n) is 5.83. The van der Waals surface area contributed by atoms with Crippen molar-refractivity contribution in [1.29, 1.82) is 0 Å². The summed E-state index contributed by atoms with van der Waals surface area (Å²) in [5.74, 6) is 1.89. The van der Waals surface area contributed by atoms with Gasteiger partial charge in [0.25, 0.3) is 0 Å². The highest BCUT2D eigenvalue weighted by Gasteiger charge is 2.49. The fourth-order valence-electron chi connectivity index (χ4n) is 1.84. The molecule has 1 aromatic rings. The molecule has 0 amide bonds. The second kappa shape index (κ2) is 4.93. The zero-order valence-corrected chi connectivity index (χ0v) is 12.8. The van der Waals surface area contributed by atoms with Crippen LogP contribution in [0.2, 0.25) is 5.02 Å². The van der Waals surface area contributed by atoms with Crippen molar-refractivity contribution in [1.82, 2.24) is 4.98 Å². The van der Waals surface area contributed by atoms with Crippen LogP contribution in [0.5, 0.6) is 0 Å². The van der Waals surface area contributed by atoms with Crippen LogP contribution in [0.15, 0.2) is 18.2 Å². The monoisotopic (exact) mass is 279 g/mol. The highest BCUT2D eigenvalue weighted by Crippen LogP contribution is 2.37. The van der Waals surface area contributed by atoms with Crippen LogP contribution in [0.1, 0.15) is 39.0 Å². The fourth-order valence-corrected chi connectivity index (χ4v) is 2.01. The smallest absolute Gasteiger partial charge is 0.400 e.